The fourth-order valence-electron chi connectivity index (χ4n) is 3.09. The maximum atomic E-state index is 6.01. The second kappa shape index (κ2) is 9.25. The topological polar surface area (TPSA) is 12.0 Å². The van der Waals surface area contributed by atoms with E-state index in [0.717, 1.165) is 23.4 Å². The molecule has 0 aliphatic heterocycles. The van der Waals surface area contributed by atoms with Crippen LogP contribution in [0, 0.1) is 11.8 Å². The molecule has 1 rings (SSSR count). The molecule has 2 atom stereocenters. The van der Waals surface area contributed by atoms with Gasteiger partial charge in [0.1, 0.15) is 0 Å². The van der Waals surface area contributed by atoms with Crippen LogP contribution in [0.25, 0.3) is 0 Å². The van der Waals surface area contributed by atoms with Gasteiger partial charge in [0.25, 0.3) is 0 Å². The molecule has 138 valence electrons. The molecule has 0 saturated carbocycles. The molecule has 0 radical (unpaired) electrons. The van der Waals surface area contributed by atoms with Crippen LogP contribution in [0.1, 0.15) is 79.7 Å². The average molecular weight is 352 g/mol. The zero-order valence-electron chi connectivity index (χ0n) is 16.9. The fourth-order valence-corrected chi connectivity index (χ4v) is 3.22. The number of benzene rings is 1. The fraction of sp³-hybridized carbons (Fsp3) is 0.727. The molecule has 24 heavy (non-hydrogen) atoms. The summed E-state index contributed by atoms with van der Waals surface area (Å²) < 4.78 is 0. The first-order chi connectivity index (χ1) is 11.0. The van der Waals surface area contributed by atoms with Gasteiger partial charge in [-0.15, -0.1) is 0 Å². The second-order valence-electron chi connectivity index (χ2n) is 9.20. The monoisotopic (exact) mass is 351 g/mol. The van der Waals surface area contributed by atoms with E-state index in [9.17, 15) is 0 Å². The van der Waals surface area contributed by atoms with Gasteiger partial charge in [-0.3, -0.25) is 0 Å². The highest BCUT2D eigenvalue weighted by molar-refractivity contribution is 6.30. The van der Waals surface area contributed by atoms with E-state index in [2.05, 4.69) is 65.9 Å². The van der Waals surface area contributed by atoms with Gasteiger partial charge in [0.15, 0.2) is 0 Å². The van der Waals surface area contributed by atoms with E-state index in [1.807, 2.05) is 12.1 Å². The molecule has 2 heteroatoms. The molecule has 1 aromatic carbocycles. The van der Waals surface area contributed by atoms with Gasteiger partial charge in [-0.2, -0.15) is 0 Å². The van der Waals surface area contributed by atoms with Crippen LogP contribution in [-0.2, 0) is 5.41 Å². The average Bonchev–Trinajstić information content (AvgIpc) is 2.48. The number of nitrogens with one attached hydrogen (secondary N) is 1. The quantitative estimate of drug-likeness (QED) is 0.480. The Hall–Kier alpha value is -0.530. The van der Waals surface area contributed by atoms with Crippen molar-refractivity contribution in [1.29, 1.82) is 0 Å². The predicted octanol–water partition coefficient (Wildman–Crippen LogP) is 6.84. The van der Waals surface area contributed by atoms with Gasteiger partial charge in [0, 0.05) is 10.6 Å². The van der Waals surface area contributed by atoms with E-state index >= 15 is 0 Å². The molecule has 1 N–H and O–H groups in total. The van der Waals surface area contributed by atoms with Crippen molar-refractivity contribution in [2.24, 2.45) is 11.8 Å². The Morgan fingerprint density at radius 2 is 1.46 bits per heavy atom. The van der Waals surface area contributed by atoms with E-state index in [4.69, 9.17) is 11.6 Å². The Labute approximate surface area is 155 Å². The Morgan fingerprint density at radius 1 is 0.917 bits per heavy atom. The third-order valence-corrected chi connectivity index (χ3v) is 5.57. The summed E-state index contributed by atoms with van der Waals surface area (Å²) in [6, 6.07) is 8.36. The molecule has 1 nitrogen and oxygen atoms in total. The van der Waals surface area contributed by atoms with Gasteiger partial charge < -0.3 is 5.32 Å². The Morgan fingerprint density at radius 3 is 2.00 bits per heavy atom. The molecule has 0 aromatic heterocycles. The van der Waals surface area contributed by atoms with Crippen molar-refractivity contribution in [3.8, 4) is 0 Å². The van der Waals surface area contributed by atoms with Crippen LogP contribution in [0.4, 0.5) is 0 Å². The molecule has 1 aromatic rings. The minimum absolute atomic E-state index is 0.215. The van der Waals surface area contributed by atoms with Gasteiger partial charge in [0.2, 0.25) is 0 Å². The lowest BCUT2D eigenvalue weighted by molar-refractivity contribution is 0.296. The molecule has 1 unspecified atom stereocenters. The van der Waals surface area contributed by atoms with Crippen molar-refractivity contribution in [3.63, 3.8) is 0 Å². The molecular formula is C22H38ClN. The number of hydrogen-bond acceptors (Lipinski definition) is 1. The molecule has 0 amide bonds. The van der Waals surface area contributed by atoms with Crippen molar-refractivity contribution in [3.05, 3.63) is 34.9 Å². The minimum Gasteiger partial charge on any atom is -0.312 e. The Bertz CT molecular complexity index is 470. The van der Waals surface area contributed by atoms with Crippen molar-refractivity contribution < 1.29 is 0 Å². The maximum absolute atomic E-state index is 6.01. The second-order valence-corrected chi connectivity index (χ2v) is 9.64. The lowest BCUT2D eigenvalue weighted by atomic mass is 9.76. The minimum atomic E-state index is 0.215. The summed E-state index contributed by atoms with van der Waals surface area (Å²) in [5.74, 6) is 1.55. The zero-order valence-corrected chi connectivity index (χ0v) is 17.6. The highest BCUT2D eigenvalue weighted by Gasteiger charge is 2.23. The standard InChI is InChI=1S/C22H38ClN/c1-17(9-8-16-24-21(3,4)5)18(2)14-15-22(6,7)19-10-12-20(23)13-11-19/h10-13,17-18,24H,8-9,14-16H2,1-7H3/t17-,18?/m0/s1. The molecule has 0 fully saturated rings. The van der Waals surface area contributed by atoms with Gasteiger partial charge in [-0.1, -0.05) is 51.4 Å². The summed E-state index contributed by atoms with van der Waals surface area (Å²) in [5, 5.41) is 4.41. The van der Waals surface area contributed by atoms with E-state index in [1.54, 1.807) is 0 Å². The van der Waals surface area contributed by atoms with Crippen molar-refractivity contribution in [1.82, 2.24) is 5.32 Å². The first kappa shape index (κ1) is 21.5. The molecule has 0 aliphatic carbocycles. The number of rotatable bonds is 9. The lowest BCUT2D eigenvalue weighted by Gasteiger charge is -2.29. The van der Waals surface area contributed by atoms with Gasteiger partial charge in [-0.05, 0) is 87.9 Å². The van der Waals surface area contributed by atoms with Crippen molar-refractivity contribution in [2.75, 3.05) is 6.54 Å². The SMILES string of the molecule is CC(CCC(C)(C)c1ccc(Cl)cc1)[C@@H](C)CCCNC(C)(C)C. The highest BCUT2D eigenvalue weighted by atomic mass is 35.5. The third kappa shape index (κ3) is 8.03. The van der Waals surface area contributed by atoms with Crippen molar-refractivity contribution >= 4 is 11.6 Å². The van der Waals surface area contributed by atoms with Gasteiger partial charge >= 0.3 is 0 Å². The predicted molar refractivity (Wildman–Crippen MR) is 109 cm³/mol. The first-order valence-electron chi connectivity index (χ1n) is 9.52. The van der Waals surface area contributed by atoms with Crippen LogP contribution < -0.4 is 5.32 Å². The molecule has 0 spiro atoms. The summed E-state index contributed by atoms with van der Waals surface area (Å²) in [4.78, 5) is 0. The van der Waals surface area contributed by atoms with Crippen molar-refractivity contribution in [2.45, 2.75) is 85.1 Å². The first-order valence-corrected chi connectivity index (χ1v) is 9.90. The van der Waals surface area contributed by atoms with E-state index in [1.165, 1.54) is 31.2 Å². The number of halogens is 1. The highest BCUT2D eigenvalue weighted by Crippen LogP contribution is 2.33. The molecule has 0 saturated heterocycles. The summed E-state index contributed by atoms with van der Waals surface area (Å²) in [6.45, 7) is 17.4. The summed E-state index contributed by atoms with van der Waals surface area (Å²) in [6.07, 6.45) is 5.08. The van der Waals surface area contributed by atoms with Crippen LogP contribution in [-0.4, -0.2) is 12.1 Å². The van der Waals surface area contributed by atoms with Crippen LogP contribution >= 0.6 is 11.6 Å². The van der Waals surface area contributed by atoms with Crippen LogP contribution in [0.2, 0.25) is 5.02 Å². The summed E-state index contributed by atoms with van der Waals surface area (Å²) >= 11 is 6.01. The normalized spacial score (nSPS) is 15.3. The van der Waals surface area contributed by atoms with E-state index in [-0.39, 0.29) is 11.0 Å². The van der Waals surface area contributed by atoms with Gasteiger partial charge in [-0.25, -0.2) is 0 Å². The summed E-state index contributed by atoms with van der Waals surface area (Å²) in [7, 11) is 0. The molecule has 0 aliphatic rings. The zero-order chi connectivity index (χ0) is 18.4. The third-order valence-electron chi connectivity index (χ3n) is 5.31. The van der Waals surface area contributed by atoms with E-state index in [0.29, 0.717) is 0 Å². The summed E-state index contributed by atoms with van der Waals surface area (Å²) in [5.41, 5.74) is 1.84. The van der Waals surface area contributed by atoms with Crippen LogP contribution in [0.3, 0.4) is 0 Å². The largest absolute Gasteiger partial charge is 0.312 e. The maximum Gasteiger partial charge on any atom is 0.0406 e. The van der Waals surface area contributed by atoms with Crippen LogP contribution in [0.15, 0.2) is 24.3 Å². The Kier molecular flexibility index (Phi) is 8.29. The lowest BCUT2D eigenvalue weighted by Crippen LogP contribution is -2.36. The number of hydrogen-bond donors (Lipinski definition) is 1. The van der Waals surface area contributed by atoms with E-state index < -0.39 is 0 Å². The van der Waals surface area contributed by atoms with Gasteiger partial charge in [0.05, 0.1) is 0 Å². The van der Waals surface area contributed by atoms with Crippen LogP contribution in [0.5, 0.6) is 0 Å². The molecule has 0 bridgehead atoms. The smallest absolute Gasteiger partial charge is 0.0406 e. The molecule has 0 heterocycles. The Balaban J connectivity index is 2.38. The molecular weight excluding hydrogens is 314 g/mol.